The molecule has 3 rings (SSSR count). The number of hydrogen-bond donors (Lipinski definition) is 0. The zero-order valence-electron chi connectivity index (χ0n) is 15.4. The van der Waals surface area contributed by atoms with Gasteiger partial charge in [-0.3, -0.25) is 19.7 Å². The standard InChI is InChI=1S/C19H22N6O2/c1-14(11-16-13-21-9-10-22-16)25(2)18(26)7-3-6-17-23-19(24-27-17)15-5-4-8-20-12-15/h4-5,8-10,12-14H,3,6-7,11H2,1-2H3/t14-/m1/s1. The zero-order valence-corrected chi connectivity index (χ0v) is 15.4. The fourth-order valence-corrected chi connectivity index (χ4v) is 2.66. The van der Waals surface area contributed by atoms with Crippen molar-refractivity contribution in [1.82, 2.24) is 30.0 Å². The molecule has 3 aromatic rings. The second-order valence-electron chi connectivity index (χ2n) is 6.36. The van der Waals surface area contributed by atoms with Gasteiger partial charge in [0.15, 0.2) is 0 Å². The Kier molecular flexibility index (Phi) is 6.19. The van der Waals surface area contributed by atoms with Crippen LogP contribution in [0.25, 0.3) is 11.4 Å². The smallest absolute Gasteiger partial charge is 0.226 e. The van der Waals surface area contributed by atoms with Crippen molar-refractivity contribution >= 4 is 5.91 Å². The summed E-state index contributed by atoms with van der Waals surface area (Å²) in [6.45, 7) is 2.00. The normalized spacial score (nSPS) is 11.9. The van der Waals surface area contributed by atoms with E-state index >= 15 is 0 Å². The number of hydrogen-bond acceptors (Lipinski definition) is 7. The van der Waals surface area contributed by atoms with Gasteiger partial charge in [0.2, 0.25) is 17.6 Å². The lowest BCUT2D eigenvalue weighted by Gasteiger charge is -2.24. The molecule has 3 aromatic heterocycles. The van der Waals surface area contributed by atoms with Gasteiger partial charge in [0.25, 0.3) is 0 Å². The maximum Gasteiger partial charge on any atom is 0.226 e. The van der Waals surface area contributed by atoms with Gasteiger partial charge in [-0.05, 0) is 25.5 Å². The molecule has 8 heteroatoms. The number of rotatable bonds is 8. The van der Waals surface area contributed by atoms with Crippen LogP contribution in [0.1, 0.15) is 31.4 Å². The van der Waals surface area contributed by atoms with Crippen molar-refractivity contribution in [3.8, 4) is 11.4 Å². The van der Waals surface area contributed by atoms with E-state index < -0.39 is 0 Å². The first kappa shape index (κ1) is 18.6. The molecule has 27 heavy (non-hydrogen) atoms. The first-order chi connectivity index (χ1) is 13.1. The zero-order chi connectivity index (χ0) is 19.1. The summed E-state index contributed by atoms with van der Waals surface area (Å²) in [6.07, 6.45) is 10.7. The largest absolute Gasteiger partial charge is 0.343 e. The second kappa shape index (κ2) is 8.98. The maximum atomic E-state index is 12.4. The van der Waals surface area contributed by atoms with Crippen molar-refractivity contribution < 1.29 is 9.32 Å². The van der Waals surface area contributed by atoms with Crippen LogP contribution in [0.3, 0.4) is 0 Å². The van der Waals surface area contributed by atoms with Crippen molar-refractivity contribution in [2.45, 2.75) is 38.6 Å². The number of aryl methyl sites for hydroxylation is 1. The molecule has 0 bridgehead atoms. The van der Waals surface area contributed by atoms with Gasteiger partial charge >= 0.3 is 0 Å². The summed E-state index contributed by atoms with van der Waals surface area (Å²) in [5.41, 5.74) is 1.68. The van der Waals surface area contributed by atoms with Gasteiger partial charge in [-0.15, -0.1) is 0 Å². The molecular weight excluding hydrogens is 344 g/mol. The summed E-state index contributed by atoms with van der Waals surface area (Å²) in [5, 5.41) is 3.96. The third-order valence-electron chi connectivity index (χ3n) is 4.34. The molecule has 0 N–H and O–H groups in total. The summed E-state index contributed by atoms with van der Waals surface area (Å²) < 4.78 is 5.26. The maximum absolute atomic E-state index is 12.4. The van der Waals surface area contributed by atoms with E-state index in [1.165, 1.54) is 0 Å². The van der Waals surface area contributed by atoms with E-state index in [1.807, 2.05) is 26.1 Å². The van der Waals surface area contributed by atoms with Crippen molar-refractivity contribution in [2.75, 3.05) is 7.05 Å². The summed E-state index contributed by atoms with van der Waals surface area (Å²) >= 11 is 0. The highest BCUT2D eigenvalue weighted by Crippen LogP contribution is 2.15. The Balaban J connectivity index is 1.46. The average Bonchev–Trinajstić information content (AvgIpc) is 3.17. The van der Waals surface area contributed by atoms with E-state index in [-0.39, 0.29) is 11.9 Å². The molecule has 8 nitrogen and oxygen atoms in total. The van der Waals surface area contributed by atoms with Gasteiger partial charge in [-0.25, -0.2) is 0 Å². The van der Waals surface area contributed by atoms with Gasteiger partial charge in [0.05, 0.1) is 5.69 Å². The van der Waals surface area contributed by atoms with Crippen LogP contribution in [0, 0.1) is 0 Å². The molecule has 1 atom stereocenters. The van der Waals surface area contributed by atoms with Gasteiger partial charge in [-0.1, -0.05) is 5.16 Å². The van der Waals surface area contributed by atoms with Crippen molar-refractivity contribution in [2.24, 2.45) is 0 Å². The molecular formula is C19H22N6O2. The minimum atomic E-state index is 0.0507. The van der Waals surface area contributed by atoms with E-state index in [4.69, 9.17) is 4.52 Å². The third kappa shape index (κ3) is 5.16. The highest BCUT2D eigenvalue weighted by atomic mass is 16.5. The molecule has 3 heterocycles. The van der Waals surface area contributed by atoms with Gasteiger partial charge in [0, 0.05) is 68.9 Å². The minimum absolute atomic E-state index is 0.0507. The Morgan fingerprint density at radius 1 is 1.22 bits per heavy atom. The van der Waals surface area contributed by atoms with E-state index in [1.54, 1.807) is 35.9 Å². The van der Waals surface area contributed by atoms with Crippen LogP contribution in [0.5, 0.6) is 0 Å². The number of amides is 1. The molecule has 0 aliphatic heterocycles. The highest BCUT2D eigenvalue weighted by Gasteiger charge is 2.17. The fourth-order valence-electron chi connectivity index (χ4n) is 2.66. The van der Waals surface area contributed by atoms with Crippen LogP contribution in [-0.2, 0) is 17.6 Å². The monoisotopic (exact) mass is 366 g/mol. The number of carbonyl (C=O) groups is 1. The Bertz CT molecular complexity index is 853. The Morgan fingerprint density at radius 3 is 2.81 bits per heavy atom. The lowest BCUT2D eigenvalue weighted by atomic mass is 10.1. The van der Waals surface area contributed by atoms with Crippen LogP contribution in [0.4, 0.5) is 0 Å². The second-order valence-corrected chi connectivity index (χ2v) is 6.36. The van der Waals surface area contributed by atoms with E-state index in [9.17, 15) is 4.79 Å². The number of nitrogens with zero attached hydrogens (tertiary/aromatic N) is 6. The van der Waals surface area contributed by atoms with Crippen LogP contribution in [0.15, 0.2) is 47.6 Å². The average molecular weight is 366 g/mol. The molecule has 0 saturated heterocycles. The quantitative estimate of drug-likeness (QED) is 0.603. The van der Waals surface area contributed by atoms with Crippen LogP contribution < -0.4 is 0 Å². The van der Waals surface area contributed by atoms with Crippen LogP contribution >= 0.6 is 0 Å². The Hall–Kier alpha value is -3.16. The minimum Gasteiger partial charge on any atom is -0.343 e. The first-order valence-corrected chi connectivity index (χ1v) is 8.87. The number of pyridine rings is 1. The van der Waals surface area contributed by atoms with E-state index in [0.717, 1.165) is 11.3 Å². The lowest BCUT2D eigenvalue weighted by Crippen LogP contribution is -2.36. The van der Waals surface area contributed by atoms with Crippen molar-refractivity contribution in [1.29, 1.82) is 0 Å². The molecule has 0 aliphatic rings. The number of carbonyl (C=O) groups excluding carboxylic acids is 1. The van der Waals surface area contributed by atoms with Crippen LogP contribution in [0.2, 0.25) is 0 Å². The first-order valence-electron chi connectivity index (χ1n) is 8.87. The third-order valence-corrected chi connectivity index (χ3v) is 4.34. The molecule has 0 unspecified atom stereocenters. The van der Waals surface area contributed by atoms with E-state index in [0.29, 0.717) is 37.4 Å². The number of aromatic nitrogens is 5. The Morgan fingerprint density at radius 2 is 2.07 bits per heavy atom. The molecule has 1 amide bonds. The molecule has 0 radical (unpaired) electrons. The molecule has 0 aliphatic carbocycles. The highest BCUT2D eigenvalue weighted by molar-refractivity contribution is 5.76. The summed E-state index contributed by atoms with van der Waals surface area (Å²) in [7, 11) is 1.82. The van der Waals surface area contributed by atoms with Gasteiger partial charge in [0.1, 0.15) is 0 Å². The summed E-state index contributed by atoms with van der Waals surface area (Å²) in [5.74, 6) is 1.12. The topological polar surface area (TPSA) is 97.9 Å². The molecule has 0 aromatic carbocycles. The number of likely N-dealkylation sites (N-methyl/N-ethyl adjacent to an activating group) is 1. The summed E-state index contributed by atoms with van der Waals surface area (Å²) in [4.78, 5) is 30.9. The van der Waals surface area contributed by atoms with Crippen LogP contribution in [-0.4, -0.2) is 49.0 Å². The summed E-state index contributed by atoms with van der Waals surface area (Å²) in [6, 6.07) is 3.75. The Labute approximate surface area is 157 Å². The fraction of sp³-hybridized carbons (Fsp3) is 0.368. The lowest BCUT2D eigenvalue weighted by molar-refractivity contribution is -0.131. The van der Waals surface area contributed by atoms with Crippen molar-refractivity contribution in [3.05, 3.63) is 54.7 Å². The van der Waals surface area contributed by atoms with Gasteiger partial charge in [-0.2, -0.15) is 4.98 Å². The predicted molar refractivity (Wildman–Crippen MR) is 98.4 cm³/mol. The predicted octanol–water partition coefficient (Wildman–Crippen LogP) is 2.33. The molecule has 0 spiro atoms. The molecule has 0 saturated carbocycles. The molecule has 140 valence electrons. The van der Waals surface area contributed by atoms with E-state index in [2.05, 4.69) is 25.1 Å². The molecule has 0 fully saturated rings. The van der Waals surface area contributed by atoms with Gasteiger partial charge < -0.3 is 9.42 Å². The van der Waals surface area contributed by atoms with Crippen molar-refractivity contribution in [3.63, 3.8) is 0 Å². The SMILES string of the molecule is C[C@H](Cc1cnccn1)N(C)C(=O)CCCc1nc(-c2cccnc2)no1.